The van der Waals surface area contributed by atoms with Gasteiger partial charge in [0.15, 0.2) is 0 Å². The van der Waals surface area contributed by atoms with Crippen LogP contribution in [0.4, 0.5) is 0 Å². The van der Waals surface area contributed by atoms with Crippen molar-refractivity contribution in [1.29, 1.82) is 0 Å². The molecule has 2 aliphatic carbocycles. The lowest BCUT2D eigenvalue weighted by atomic mass is 9.68. The molecule has 3 aromatic rings. The number of imide groups is 1. The van der Waals surface area contributed by atoms with E-state index in [9.17, 15) is 19.2 Å². The molecule has 2 aromatic carbocycles. The molecule has 2 amide bonds. The van der Waals surface area contributed by atoms with Gasteiger partial charge in [-0.1, -0.05) is 53.8 Å². The molecule has 1 aromatic heterocycles. The molecule has 1 N–H and O–H groups in total. The van der Waals surface area contributed by atoms with Crippen LogP contribution < -0.4 is 9.61 Å². The first-order chi connectivity index (χ1) is 19.4. The molecule has 2 saturated carbocycles. The smallest absolute Gasteiger partial charge is 0.326 e. The van der Waals surface area contributed by atoms with Crippen molar-refractivity contribution in [2.75, 3.05) is 13.2 Å². The van der Waals surface area contributed by atoms with E-state index in [2.05, 4.69) is 11.1 Å². The van der Waals surface area contributed by atoms with E-state index in [1.807, 2.05) is 48.5 Å². The first kappa shape index (κ1) is 25.6. The number of H-pyrrole nitrogens is 1. The highest BCUT2D eigenvalue weighted by molar-refractivity contribution is 8.00. The first-order valence-corrected chi connectivity index (χ1v) is 15.3. The summed E-state index contributed by atoms with van der Waals surface area (Å²) in [5.74, 6) is -1.21. The van der Waals surface area contributed by atoms with Gasteiger partial charge in [0.1, 0.15) is 18.9 Å². The van der Waals surface area contributed by atoms with Crippen molar-refractivity contribution in [2.45, 2.75) is 36.1 Å². The van der Waals surface area contributed by atoms with Gasteiger partial charge in [0.25, 0.3) is 0 Å². The van der Waals surface area contributed by atoms with Crippen LogP contribution in [0, 0.1) is 29.6 Å². The van der Waals surface area contributed by atoms with Crippen molar-refractivity contribution in [3.8, 4) is 5.75 Å². The van der Waals surface area contributed by atoms with Crippen LogP contribution >= 0.6 is 23.1 Å². The minimum atomic E-state index is -0.562. The summed E-state index contributed by atoms with van der Waals surface area (Å²) in [7, 11) is 0. The molecule has 2 bridgehead atoms. The highest BCUT2D eigenvalue weighted by Crippen LogP contribution is 2.68. The Morgan fingerprint density at radius 1 is 1.02 bits per heavy atom. The average Bonchev–Trinajstić information content (AvgIpc) is 3.69. The molecule has 10 heteroatoms. The van der Waals surface area contributed by atoms with Crippen LogP contribution in [0.3, 0.4) is 0 Å². The maximum Gasteiger partial charge on any atom is 0.326 e. The van der Waals surface area contributed by atoms with E-state index in [0.717, 1.165) is 38.1 Å². The zero-order valence-corrected chi connectivity index (χ0v) is 23.4. The monoisotopic (exact) mass is 576 g/mol. The fourth-order valence-electron chi connectivity index (χ4n) is 7.48. The number of benzene rings is 2. The number of hydrogen-bond donors (Lipinski definition) is 1. The standard InChI is InChI=1S/C30H28N2O6S2/c1-2-37-20(33)13-32-28(34)23-18-12-19(24(23)29(32)35)25-22(18)21(26-27(39-25)31-30(36)40-26)16-9-6-10-17(11-16)38-14-15-7-4-3-5-8-15/h3-11,18-19,21-25H,2,12-14H2,1H3,(H,31,36). The van der Waals surface area contributed by atoms with E-state index < -0.39 is 17.8 Å². The number of hydrogen-bond acceptors (Lipinski definition) is 8. The van der Waals surface area contributed by atoms with Gasteiger partial charge in [-0.05, 0) is 54.4 Å². The van der Waals surface area contributed by atoms with Crippen LogP contribution in [0.1, 0.15) is 35.3 Å². The van der Waals surface area contributed by atoms with Gasteiger partial charge in [-0.25, -0.2) is 0 Å². The summed E-state index contributed by atoms with van der Waals surface area (Å²) in [5.41, 5.74) is 2.12. The molecule has 7 atom stereocenters. The number of nitrogens with zero attached hydrogens (tertiary/aromatic N) is 1. The number of aromatic amines is 1. The Balaban J connectivity index is 1.22. The van der Waals surface area contributed by atoms with E-state index in [4.69, 9.17) is 9.47 Å². The van der Waals surface area contributed by atoms with Gasteiger partial charge >= 0.3 is 10.8 Å². The number of amides is 2. The van der Waals surface area contributed by atoms with Crippen LogP contribution in [-0.4, -0.2) is 46.1 Å². The molecule has 0 spiro atoms. The number of fused-ring (bicyclic) bond motifs is 9. The van der Waals surface area contributed by atoms with Crippen LogP contribution in [0.2, 0.25) is 0 Å². The first-order valence-electron chi connectivity index (χ1n) is 13.6. The van der Waals surface area contributed by atoms with Gasteiger partial charge in [0, 0.05) is 16.0 Å². The highest BCUT2D eigenvalue weighted by atomic mass is 32.2. The van der Waals surface area contributed by atoms with E-state index in [-0.39, 0.29) is 58.8 Å². The molecule has 4 aliphatic rings. The summed E-state index contributed by atoms with van der Waals surface area (Å²) >= 11 is 2.88. The van der Waals surface area contributed by atoms with Gasteiger partial charge in [-0.15, -0.1) is 11.8 Å². The predicted octanol–water partition coefficient (Wildman–Crippen LogP) is 4.05. The summed E-state index contributed by atoms with van der Waals surface area (Å²) in [5, 5.41) is 0.947. The van der Waals surface area contributed by atoms with Crippen molar-refractivity contribution in [3.05, 3.63) is 80.3 Å². The van der Waals surface area contributed by atoms with Gasteiger partial charge in [-0.3, -0.25) is 24.1 Å². The Kier molecular flexibility index (Phi) is 6.35. The van der Waals surface area contributed by atoms with Gasteiger partial charge in [0.05, 0.1) is 23.5 Å². The number of carbonyl (C=O) groups excluding carboxylic acids is 3. The minimum Gasteiger partial charge on any atom is -0.489 e. The van der Waals surface area contributed by atoms with E-state index >= 15 is 0 Å². The SMILES string of the molecule is CCOC(=O)CN1C(=O)C2C3CC(C2C1=O)C1C(c2cccc(OCc4ccccc4)c2)c2sc(=O)[nH]c2SC31. The molecule has 7 unspecified atom stereocenters. The molecule has 7 rings (SSSR count). The number of nitrogens with one attached hydrogen (secondary N) is 1. The zero-order valence-electron chi connectivity index (χ0n) is 21.8. The maximum absolute atomic E-state index is 13.6. The number of ether oxygens (including phenoxy) is 2. The Morgan fingerprint density at radius 3 is 2.58 bits per heavy atom. The van der Waals surface area contributed by atoms with E-state index in [1.165, 1.54) is 11.3 Å². The minimum absolute atomic E-state index is 0.00482. The molecule has 206 valence electrons. The molecule has 0 radical (unpaired) electrons. The summed E-state index contributed by atoms with van der Waals surface area (Å²) in [4.78, 5) is 56.8. The maximum atomic E-state index is 13.6. The Hall–Kier alpha value is -3.37. The fourth-order valence-corrected chi connectivity index (χ4v) is 10.4. The number of thiazole rings is 1. The Morgan fingerprint density at radius 2 is 1.80 bits per heavy atom. The summed E-state index contributed by atoms with van der Waals surface area (Å²) in [6, 6.07) is 18.0. The molecule has 3 heterocycles. The van der Waals surface area contributed by atoms with Gasteiger partial charge in [0.2, 0.25) is 11.8 Å². The van der Waals surface area contributed by atoms with Gasteiger partial charge < -0.3 is 14.5 Å². The third-order valence-corrected chi connectivity index (χ3v) is 11.5. The average molecular weight is 577 g/mol. The van der Waals surface area contributed by atoms with Crippen molar-refractivity contribution in [3.63, 3.8) is 0 Å². The third-order valence-electron chi connectivity index (χ3n) is 8.87. The molecular formula is C30H28N2O6S2. The second-order valence-corrected chi connectivity index (χ2v) is 13.1. The number of carbonyl (C=O) groups is 3. The second-order valence-electron chi connectivity index (χ2n) is 10.9. The number of likely N-dealkylation sites (tertiary alicyclic amines) is 1. The molecule has 8 nitrogen and oxygen atoms in total. The van der Waals surface area contributed by atoms with Crippen molar-refractivity contribution in [1.82, 2.24) is 9.88 Å². The normalized spacial score (nSPS) is 29.7. The lowest BCUT2D eigenvalue weighted by Crippen LogP contribution is -2.42. The predicted molar refractivity (Wildman–Crippen MR) is 149 cm³/mol. The fraction of sp³-hybridized carbons (Fsp3) is 0.400. The molecule has 1 saturated heterocycles. The van der Waals surface area contributed by atoms with Gasteiger partial charge in [-0.2, -0.15) is 0 Å². The Bertz CT molecular complexity index is 1550. The molecule has 40 heavy (non-hydrogen) atoms. The highest BCUT2D eigenvalue weighted by Gasteiger charge is 2.69. The largest absolute Gasteiger partial charge is 0.489 e. The number of thioether (sulfide) groups is 1. The van der Waals surface area contributed by atoms with Crippen molar-refractivity contribution >= 4 is 40.9 Å². The molecule has 3 fully saturated rings. The number of aromatic nitrogens is 1. The lowest BCUT2D eigenvalue weighted by Gasteiger charge is -2.43. The molecular weight excluding hydrogens is 548 g/mol. The second kappa shape index (κ2) is 9.92. The summed E-state index contributed by atoms with van der Waals surface area (Å²) < 4.78 is 11.2. The Labute approximate surface area is 239 Å². The number of esters is 1. The van der Waals surface area contributed by atoms with Crippen LogP contribution in [-0.2, 0) is 25.7 Å². The summed E-state index contributed by atoms with van der Waals surface area (Å²) in [6.07, 6.45) is 0.794. The molecule has 2 aliphatic heterocycles. The van der Waals surface area contributed by atoms with Crippen LogP contribution in [0.5, 0.6) is 5.75 Å². The number of rotatable bonds is 7. The zero-order chi connectivity index (χ0) is 27.5. The van der Waals surface area contributed by atoms with Crippen LogP contribution in [0.15, 0.2) is 64.4 Å². The third kappa shape index (κ3) is 4.03. The quantitative estimate of drug-likeness (QED) is 0.334. The van der Waals surface area contributed by atoms with Crippen molar-refractivity contribution in [2.24, 2.45) is 29.6 Å². The van der Waals surface area contributed by atoms with Crippen molar-refractivity contribution < 1.29 is 23.9 Å². The lowest BCUT2D eigenvalue weighted by molar-refractivity contribution is -0.153. The van der Waals surface area contributed by atoms with E-state index in [1.54, 1.807) is 18.7 Å². The van der Waals surface area contributed by atoms with Crippen LogP contribution in [0.25, 0.3) is 0 Å². The topological polar surface area (TPSA) is 106 Å². The van der Waals surface area contributed by atoms with E-state index in [0.29, 0.717) is 6.61 Å². The summed E-state index contributed by atoms with van der Waals surface area (Å²) in [6.45, 7) is 2.02.